The molecule has 1 saturated heterocycles. The minimum Gasteiger partial charge on any atom is -0.497 e. The highest BCUT2D eigenvalue weighted by Gasteiger charge is 2.38. The molecule has 6 nitrogen and oxygen atoms in total. The average Bonchev–Trinajstić information content (AvgIpc) is 2.60. The number of ether oxygens (including phenoxy) is 1. The molecule has 2 heterocycles. The number of rotatable bonds is 3. The molecule has 1 aromatic heterocycles. The number of carbonyl (C=O) groups excluding carboxylic acids is 1. The first kappa shape index (κ1) is 16.0. The SMILES string of the molecule is COc1cccc(-c2cncc([C@]3(C)CC(=O)N(C)C(=N)N3)c2)c1. The molecule has 1 fully saturated rings. The van der Waals surface area contributed by atoms with Crippen molar-refractivity contribution in [2.75, 3.05) is 14.2 Å². The van der Waals surface area contributed by atoms with Gasteiger partial charge in [0.1, 0.15) is 5.75 Å². The number of benzene rings is 1. The highest BCUT2D eigenvalue weighted by molar-refractivity contribution is 5.98. The van der Waals surface area contributed by atoms with E-state index in [1.165, 1.54) is 4.90 Å². The fourth-order valence-electron chi connectivity index (χ4n) is 2.81. The Labute approximate surface area is 141 Å². The van der Waals surface area contributed by atoms with Crippen LogP contribution in [-0.2, 0) is 10.3 Å². The van der Waals surface area contributed by atoms with E-state index in [4.69, 9.17) is 10.1 Å². The molecule has 0 unspecified atom stereocenters. The van der Waals surface area contributed by atoms with Crippen molar-refractivity contribution in [1.29, 1.82) is 5.41 Å². The van der Waals surface area contributed by atoms with E-state index >= 15 is 0 Å². The number of amides is 1. The van der Waals surface area contributed by atoms with E-state index < -0.39 is 5.54 Å². The second-order valence-electron chi connectivity index (χ2n) is 6.13. The normalized spacial score (nSPS) is 20.7. The van der Waals surface area contributed by atoms with E-state index in [1.807, 2.05) is 37.3 Å². The predicted octanol–water partition coefficient (Wildman–Crippen LogP) is 2.36. The van der Waals surface area contributed by atoms with E-state index in [-0.39, 0.29) is 18.3 Å². The van der Waals surface area contributed by atoms with Crippen LogP contribution >= 0.6 is 0 Å². The molecule has 0 bridgehead atoms. The zero-order valence-electron chi connectivity index (χ0n) is 14.0. The molecule has 3 rings (SSSR count). The molecule has 0 saturated carbocycles. The van der Waals surface area contributed by atoms with E-state index in [9.17, 15) is 4.79 Å². The summed E-state index contributed by atoms with van der Waals surface area (Å²) in [5, 5.41) is 11.1. The second kappa shape index (κ2) is 5.96. The Morgan fingerprint density at radius 3 is 2.79 bits per heavy atom. The predicted molar refractivity (Wildman–Crippen MR) is 91.8 cm³/mol. The highest BCUT2D eigenvalue weighted by atomic mass is 16.5. The van der Waals surface area contributed by atoms with Gasteiger partial charge in [0.05, 0.1) is 19.1 Å². The standard InChI is InChI=1S/C18H20N4O2/c1-18(9-16(23)22(2)17(19)21-18)14-7-13(10-20-11-14)12-5-4-6-15(8-12)24-3/h4-8,10-11H,9H2,1-3H3,(H2,19,21)/t18-/m0/s1. The Hall–Kier alpha value is -2.89. The molecule has 1 aliphatic heterocycles. The number of aromatic nitrogens is 1. The van der Waals surface area contributed by atoms with Gasteiger partial charge in [0.15, 0.2) is 5.96 Å². The lowest BCUT2D eigenvalue weighted by Crippen LogP contribution is -2.58. The van der Waals surface area contributed by atoms with Gasteiger partial charge in [0.2, 0.25) is 5.91 Å². The zero-order chi connectivity index (χ0) is 17.3. The van der Waals surface area contributed by atoms with Crippen molar-refractivity contribution in [3.8, 4) is 16.9 Å². The lowest BCUT2D eigenvalue weighted by atomic mass is 9.86. The lowest BCUT2D eigenvalue weighted by Gasteiger charge is -2.39. The van der Waals surface area contributed by atoms with Crippen LogP contribution in [0.15, 0.2) is 42.7 Å². The van der Waals surface area contributed by atoms with Crippen molar-refractivity contribution in [3.05, 3.63) is 48.3 Å². The van der Waals surface area contributed by atoms with Crippen molar-refractivity contribution in [2.45, 2.75) is 18.9 Å². The minimum atomic E-state index is -0.650. The van der Waals surface area contributed by atoms with Crippen LogP contribution in [-0.4, -0.2) is 35.9 Å². The van der Waals surface area contributed by atoms with Crippen LogP contribution < -0.4 is 10.1 Å². The number of hydrogen-bond acceptors (Lipinski definition) is 4. The Balaban J connectivity index is 1.98. The van der Waals surface area contributed by atoms with E-state index in [0.717, 1.165) is 22.4 Å². The molecule has 2 N–H and O–H groups in total. The molecule has 1 amide bonds. The molecule has 6 heteroatoms. The Kier molecular flexibility index (Phi) is 3.97. The summed E-state index contributed by atoms with van der Waals surface area (Å²) in [6, 6.07) is 9.75. The second-order valence-corrected chi connectivity index (χ2v) is 6.13. The fraction of sp³-hybridized carbons (Fsp3) is 0.278. The van der Waals surface area contributed by atoms with Crippen LogP contribution in [0.2, 0.25) is 0 Å². The molecule has 1 aliphatic rings. The number of hydrogen-bond donors (Lipinski definition) is 2. The van der Waals surface area contributed by atoms with Crippen molar-refractivity contribution < 1.29 is 9.53 Å². The van der Waals surface area contributed by atoms with Gasteiger partial charge in [0, 0.05) is 25.0 Å². The van der Waals surface area contributed by atoms with Gasteiger partial charge in [-0.05, 0) is 36.2 Å². The average molecular weight is 324 g/mol. The smallest absolute Gasteiger partial charge is 0.231 e. The topological polar surface area (TPSA) is 78.3 Å². The zero-order valence-corrected chi connectivity index (χ0v) is 14.0. The largest absolute Gasteiger partial charge is 0.497 e. The summed E-state index contributed by atoms with van der Waals surface area (Å²) in [7, 11) is 3.23. The van der Waals surface area contributed by atoms with Crippen LogP contribution in [0.3, 0.4) is 0 Å². The summed E-state index contributed by atoms with van der Waals surface area (Å²) in [6.07, 6.45) is 3.79. The van der Waals surface area contributed by atoms with Crippen LogP contribution in [0.4, 0.5) is 0 Å². The van der Waals surface area contributed by atoms with Gasteiger partial charge >= 0.3 is 0 Å². The van der Waals surface area contributed by atoms with Gasteiger partial charge in [0.25, 0.3) is 0 Å². The molecular weight excluding hydrogens is 304 g/mol. The molecular formula is C18H20N4O2. The fourth-order valence-corrected chi connectivity index (χ4v) is 2.81. The summed E-state index contributed by atoms with van der Waals surface area (Å²) in [4.78, 5) is 17.8. The van der Waals surface area contributed by atoms with Gasteiger partial charge in [-0.15, -0.1) is 0 Å². The first-order valence-electron chi connectivity index (χ1n) is 7.66. The minimum absolute atomic E-state index is 0.0898. The lowest BCUT2D eigenvalue weighted by molar-refractivity contribution is -0.129. The van der Waals surface area contributed by atoms with Gasteiger partial charge in [-0.2, -0.15) is 0 Å². The summed E-state index contributed by atoms with van der Waals surface area (Å²) < 4.78 is 5.27. The molecule has 24 heavy (non-hydrogen) atoms. The van der Waals surface area contributed by atoms with Crippen LogP contribution in [0.5, 0.6) is 5.75 Å². The van der Waals surface area contributed by atoms with Gasteiger partial charge in [-0.3, -0.25) is 20.1 Å². The Morgan fingerprint density at radius 2 is 2.08 bits per heavy atom. The number of carbonyl (C=O) groups is 1. The summed E-state index contributed by atoms with van der Waals surface area (Å²) >= 11 is 0. The van der Waals surface area contributed by atoms with Gasteiger partial charge in [-0.25, -0.2) is 0 Å². The maximum Gasteiger partial charge on any atom is 0.231 e. The highest BCUT2D eigenvalue weighted by Crippen LogP contribution is 2.31. The molecule has 0 radical (unpaired) electrons. The van der Waals surface area contributed by atoms with Crippen molar-refractivity contribution in [2.24, 2.45) is 0 Å². The third kappa shape index (κ3) is 2.82. The molecule has 2 aromatic rings. The van der Waals surface area contributed by atoms with Crippen LogP contribution in [0.25, 0.3) is 11.1 Å². The third-order valence-corrected chi connectivity index (χ3v) is 4.39. The van der Waals surface area contributed by atoms with Crippen molar-refractivity contribution in [1.82, 2.24) is 15.2 Å². The van der Waals surface area contributed by atoms with E-state index in [1.54, 1.807) is 26.6 Å². The first-order chi connectivity index (χ1) is 11.4. The van der Waals surface area contributed by atoms with E-state index in [2.05, 4.69) is 10.3 Å². The van der Waals surface area contributed by atoms with Gasteiger partial charge in [-0.1, -0.05) is 12.1 Å². The molecule has 124 valence electrons. The molecule has 0 spiro atoms. The number of nitrogens with one attached hydrogen (secondary N) is 2. The van der Waals surface area contributed by atoms with Crippen molar-refractivity contribution in [3.63, 3.8) is 0 Å². The molecule has 1 aromatic carbocycles. The number of guanidine groups is 1. The number of methoxy groups -OCH3 is 1. The summed E-state index contributed by atoms with van der Waals surface area (Å²) in [5.74, 6) is 0.784. The molecule has 1 atom stereocenters. The summed E-state index contributed by atoms with van der Waals surface area (Å²) in [5.41, 5.74) is 2.14. The Morgan fingerprint density at radius 1 is 1.29 bits per heavy atom. The quantitative estimate of drug-likeness (QED) is 0.908. The number of pyridine rings is 1. The van der Waals surface area contributed by atoms with Crippen molar-refractivity contribution >= 4 is 11.9 Å². The molecule has 0 aliphatic carbocycles. The van der Waals surface area contributed by atoms with Gasteiger partial charge < -0.3 is 10.1 Å². The summed E-state index contributed by atoms with van der Waals surface area (Å²) in [6.45, 7) is 1.92. The van der Waals surface area contributed by atoms with Crippen LogP contribution in [0.1, 0.15) is 18.9 Å². The van der Waals surface area contributed by atoms with Crippen LogP contribution in [0, 0.1) is 5.41 Å². The monoisotopic (exact) mass is 324 g/mol. The maximum atomic E-state index is 12.1. The van der Waals surface area contributed by atoms with E-state index in [0.29, 0.717) is 0 Å². The Bertz CT molecular complexity index is 785. The number of nitrogens with zero attached hydrogens (tertiary/aromatic N) is 2. The third-order valence-electron chi connectivity index (χ3n) is 4.39. The first-order valence-corrected chi connectivity index (χ1v) is 7.66. The maximum absolute atomic E-state index is 12.1.